The third-order valence-electron chi connectivity index (χ3n) is 9.87. The minimum absolute atomic E-state index is 0.0448. The molecular formula is C43H61Cl2NO12S3. The van der Waals surface area contributed by atoms with Crippen molar-refractivity contribution in [3.63, 3.8) is 0 Å². The van der Waals surface area contributed by atoms with E-state index in [1.165, 1.54) is 24.3 Å². The lowest BCUT2D eigenvalue weighted by molar-refractivity contribution is 0.0143. The van der Waals surface area contributed by atoms with Gasteiger partial charge in [0.15, 0.2) is 29.5 Å². The summed E-state index contributed by atoms with van der Waals surface area (Å²) in [7, 11) is -8.98. The average Bonchev–Trinajstić information content (AvgIpc) is 3.23. The van der Waals surface area contributed by atoms with Crippen molar-refractivity contribution in [3.8, 4) is 0 Å². The first kappa shape index (κ1) is 51.4. The number of nitrogens with zero attached hydrogens (tertiary/aromatic N) is 1. The van der Waals surface area contributed by atoms with Crippen molar-refractivity contribution in [1.29, 1.82) is 0 Å². The number of unbranched alkanes of at least 4 members (excludes halogenated alkanes) is 1. The normalized spacial score (nSPS) is 15.0. The van der Waals surface area contributed by atoms with Crippen LogP contribution >= 0.6 is 23.2 Å². The Morgan fingerprint density at radius 2 is 0.967 bits per heavy atom. The van der Waals surface area contributed by atoms with Gasteiger partial charge in [0.05, 0.1) is 84.8 Å². The second-order valence-electron chi connectivity index (χ2n) is 14.8. The highest BCUT2D eigenvalue weighted by Crippen LogP contribution is 2.39. The number of ether oxygens (including phenoxy) is 6. The summed E-state index contributed by atoms with van der Waals surface area (Å²) < 4.78 is 111. The number of likely N-dealkylation sites (N-methyl/N-ethyl adjacent to an activating group) is 1. The number of fused-ring (bicyclic) bond motifs is 1. The molecule has 0 N–H and O–H groups in total. The van der Waals surface area contributed by atoms with Gasteiger partial charge in [0, 0.05) is 55.5 Å². The van der Waals surface area contributed by atoms with Gasteiger partial charge in [-0.2, -0.15) is 0 Å². The molecule has 0 aromatic heterocycles. The molecule has 4 rings (SSSR count). The summed E-state index contributed by atoms with van der Waals surface area (Å²) in [6.07, 6.45) is 2.90. The van der Waals surface area contributed by atoms with Crippen LogP contribution in [0.5, 0.6) is 0 Å². The molecule has 18 heteroatoms. The highest BCUT2D eigenvalue weighted by Gasteiger charge is 2.28. The monoisotopic (exact) mass is 949 g/mol. The summed E-state index contributed by atoms with van der Waals surface area (Å²) in [5, 5.41) is 1.15. The van der Waals surface area contributed by atoms with Crippen molar-refractivity contribution < 1.29 is 53.7 Å². The van der Waals surface area contributed by atoms with Crippen LogP contribution in [0.1, 0.15) is 61.6 Å². The molecule has 1 aliphatic rings. The van der Waals surface area contributed by atoms with Crippen LogP contribution in [0.2, 0.25) is 10.0 Å². The van der Waals surface area contributed by atoms with Gasteiger partial charge in [-0.3, -0.25) is 0 Å². The minimum atomic E-state index is -3.74. The van der Waals surface area contributed by atoms with E-state index in [0.29, 0.717) is 56.0 Å². The van der Waals surface area contributed by atoms with E-state index in [4.69, 9.17) is 51.6 Å². The lowest BCUT2D eigenvalue weighted by atomic mass is 9.85. The van der Waals surface area contributed by atoms with E-state index in [0.717, 1.165) is 36.1 Å². The van der Waals surface area contributed by atoms with E-state index >= 15 is 0 Å². The van der Waals surface area contributed by atoms with Gasteiger partial charge in [0.2, 0.25) is 0 Å². The zero-order valence-corrected chi connectivity index (χ0v) is 39.2. The average molecular weight is 951 g/mol. The fourth-order valence-electron chi connectivity index (χ4n) is 6.65. The molecular weight excluding hydrogens is 890 g/mol. The van der Waals surface area contributed by atoms with Gasteiger partial charge in [-0.25, -0.2) is 25.3 Å². The van der Waals surface area contributed by atoms with Gasteiger partial charge in [-0.15, -0.1) is 0 Å². The summed E-state index contributed by atoms with van der Waals surface area (Å²) in [4.78, 5) is 2.33. The van der Waals surface area contributed by atoms with E-state index in [9.17, 15) is 25.3 Å². The van der Waals surface area contributed by atoms with Gasteiger partial charge in [-0.1, -0.05) is 54.7 Å². The molecule has 61 heavy (non-hydrogen) atoms. The van der Waals surface area contributed by atoms with Gasteiger partial charge in [0.25, 0.3) is 0 Å². The Morgan fingerprint density at radius 3 is 1.43 bits per heavy atom. The largest absolute Gasteiger partial charge is 0.379 e. The summed E-state index contributed by atoms with van der Waals surface area (Å²) in [6.45, 7) is 7.71. The Hall–Kier alpha value is -2.19. The fourth-order valence-corrected chi connectivity index (χ4v) is 11.3. The molecule has 3 aromatic rings. The first-order valence-corrected chi connectivity index (χ1v) is 26.5. The number of sulfone groups is 3. The summed E-state index contributed by atoms with van der Waals surface area (Å²) >= 11 is 12.8. The van der Waals surface area contributed by atoms with Gasteiger partial charge < -0.3 is 33.3 Å². The Kier molecular flexibility index (Phi) is 22.4. The molecule has 0 bridgehead atoms. The molecule has 3 aromatic carbocycles. The van der Waals surface area contributed by atoms with Crippen molar-refractivity contribution in [3.05, 3.63) is 87.4 Å². The molecule has 0 radical (unpaired) electrons. The van der Waals surface area contributed by atoms with Crippen molar-refractivity contribution in [2.24, 2.45) is 0 Å². The summed E-state index contributed by atoms with van der Waals surface area (Å²) in [5.41, 5.74) is 2.90. The predicted octanol–water partition coefficient (Wildman–Crippen LogP) is 6.66. The van der Waals surface area contributed by atoms with Crippen LogP contribution in [0.25, 0.3) is 0 Å². The van der Waals surface area contributed by atoms with E-state index in [1.54, 1.807) is 24.3 Å². The molecule has 13 nitrogen and oxygen atoms in total. The summed E-state index contributed by atoms with van der Waals surface area (Å²) in [5.74, 6) is -0.508. The molecule has 1 aliphatic heterocycles. The minimum Gasteiger partial charge on any atom is -0.379 e. The molecule has 0 saturated carbocycles. The number of hydrogen-bond acceptors (Lipinski definition) is 13. The van der Waals surface area contributed by atoms with E-state index in [1.807, 2.05) is 19.2 Å². The number of halogens is 2. The quantitative estimate of drug-likeness (QED) is 0.0631. The van der Waals surface area contributed by atoms with Crippen LogP contribution in [-0.4, -0.2) is 140 Å². The smallest absolute Gasteiger partial charge is 0.178 e. The molecule has 0 saturated heterocycles. The molecule has 1 unspecified atom stereocenters. The van der Waals surface area contributed by atoms with Crippen LogP contribution < -0.4 is 0 Å². The first-order valence-electron chi connectivity index (χ1n) is 20.7. The predicted molar refractivity (Wildman–Crippen MR) is 237 cm³/mol. The number of hydrogen-bond donors (Lipinski definition) is 0. The third-order valence-corrected chi connectivity index (χ3v) is 15.8. The fraction of sp³-hybridized carbons (Fsp3) is 0.581. The molecule has 0 fully saturated rings. The Morgan fingerprint density at radius 1 is 0.557 bits per heavy atom. The number of rotatable bonds is 31. The van der Waals surface area contributed by atoms with Crippen molar-refractivity contribution >= 4 is 52.7 Å². The topological polar surface area (TPSA) is 161 Å². The third kappa shape index (κ3) is 17.7. The zero-order valence-electron chi connectivity index (χ0n) is 35.2. The van der Waals surface area contributed by atoms with Gasteiger partial charge in [0.1, 0.15) is 0 Å². The zero-order chi connectivity index (χ0) is 44.1. The van der Waals surface area contributed by atoms with E-state index in [2.05, 4.69) is 11.8 Å². The van der Waals surface area contributed by atoms with Crippen molar-refractivity contribution in [1.82, 2.24) is 4.90 Å². The van der Waals surface area contributed by atoms with Crippen molar-refractivity contribution in [2.45, 2.75) is 66.2 Å². The Labute approximate surface area is 373 Å². The summed E-state index contributed by atoms with van der Waals surface area (Å²) in [6, 6.07) is 16.2. The molecule has 1 atom stereocenters. The van der Waals surface area contributed by atoms with Gasteiger partial charge >= 0.3 is 0 Å². The second-order valence-corrected chi connectivity index (χ2v) is 22.0. The Bertz CT molecular complexity index is 2120. The SMILES string of the molecule is CCCCOCCOCCOCCCS(=O)(=O)c1cccc(S(=O)(=O)CCCOCCOCCOCCCS(=O)(=O)c2cccc(C3CN(C)Cc4c(Cl)cc(Cl)cc43)c2)c1. The molecule has 0 aliphatic carbocycles. The molecule has 1 heterocycles. The lowest BCUT2D eigenvalue weighted by Crippen LogP contribution is -2.31. The van der Waals surface area contributed by atoms with Crippen molar-refractivity contribution in [2.75, 3.05) is 110 Å². The van der Waals surface area contributed by atoms with Crippen LogP contribution in [0.3, 0.4) is 0 Å². The highest BCUT2D eigenvalue weighted by atomic mass is 35.5. The second kappa shape index (κ2) is 26.6. The van der Waals surface area contributed by atoms with Crippen LogP contribution in [0.15, 0.2) is 75.4 Å². The maximum Gasteiger partial charge on any atom is 0.178 e. The first-order chi connectivity index (χ1) is 29.2. The number of benzene rings is 3. The van der Waals surface area contributed by atoms with E-state index in [-0.39, 0.29) is 97.0 Å². The lowest BCUT2D eigenvalue weighted by Gasteiger charge is -2.33. The Balaban J connectivity index is 1.04. The standard InChI is InChI=1S/C43H61Cl2NO12S3/c1-3-4-14-53-18-22-57-23-19-55-16-8-27-60(49,50)38-12-6-13-39(32-38)61(51,52)28-9-17-56-21-25-58-24-20-54-15-7-26-59(47,48)37-11-5-10-35(29-37)41-33-46(2)34-42-40(41)30-36(44)31-43(42)45/h5-6,10-13,29-32,41H,3-4,7-9,14-28,33-34H2,1-2H3. The van der Waals surface area contributed by atoms with Crippen LogP contribution in [0, 0.1) is 0 Å². The molecule has 342 valence electrons. The highest BCUT2D eigenvalue weighted by molar-refractivity contribution is 7.92. The molecule has 0 spiro atoms. The van der Waals surface area contributed by atoms with Crippen LogP contribution in [-0.2, 0) is 64.5 Å². The van der Waals surface area contributed by atoms with Gasteiger partial charge in [-0.05, 0) is 91.9 Å². The van der Waals surface area contributed by atoms with E-state index < -0.39 is 29.5 Å². The van der Waals surface area contributed by atoms with Crippen LogP contribution in [0.4, 0.5) is 0 Å². The maximum absolute atomic E-state index is 13.2. The maximum atomic E-state index is 13.2. The molecule has 0 amide bonds.